The Labute approximate surface area is 75.6 Å². The van der Waals surface area contributed by atoms with Gasteiger partial charge in [0, 0.05) is 0 Å². The fourth-order valence-electron chi connectivity index (χ4n) is 0.719. The van der Waals surface area contributed by atoms with E-state index in [4.69, 9.17) is 5.21 Å². The molecule has 0 unspecified atom stereocenters. The summed E-state index contributed by atoms with van der Waals surface area (Å²) in [7, 11) is 0. The number of hydrogen-bond donors (Lipinski definition) is 1. The maximum atomic E-state index is 13.0. The van der Waals surface area contributed by atoms with Gasteiger partial charge in [0.1, 0.15) is 11.6 Å². The van der Waals surface area contributed by atoms with Crippen molar-refractivity contribution in [3.63, 3.8) is 0 Å². The standard InChI is InChI=1S/C7H4BrF2NO/c8-5-1-2-6(9)4(3-11-12)7(5)10/h1-3,12H/b11-3+. The normalized spacial score (nSPS) is 10.9. The lowest BCUT2D eigenvalue weighted by atomic mass is 10.2. The van der Waals surface area contributed by atoms with Crippen LogP contribution in [0.15, 0.2) is 21.8 Å². The number of nitrogens with zero attached hydrogens (tertiary/aromatic N) is 1. The van der Waals surface area contributed by atoms with E-state index in [1.165, 1.54) is 6.07 Å². The van der Waals surface area contributed by atoms with Gasteiger partial charge in [0.15, 0.2) is 0 Å². The van der Waals surface area contributed by atoms with Crippen LogP contribution in [0.25, 0.3) is 0 Å². The quantitative estimate of drug-likeness (QED) is 0.345. The molecular formula is C7H4BrF2NO. The van der Waals surface area contributed by atoms with E-state index in [2.05, 4.69) is 21.1 Å². The van der Waals surface area contributed by atoms with Gasteiger partial charge >= 0.3 is 0 Å². The molecular weight excluding hydrogens is 232 g/mol. The molecule has 0 bridgehead atoms. The van der Waals surface area contributed by atoms with Crippen LogP contribution < -0.4 is 0 Å². The Morgan fingerprint density at radius 2 is 2.08 bits per heavy atom. The van der Waals surface area contributed by atoms with Gasteiger partial charge in [-0.1, -0.05) is 5.16 Å². The summed E-state index contributed by atoms with van der Waals surface area (Å²) < 4.78 is 25.8. The molecule has 1 aromatic rings. The number of rotatable bonds is 1. The second kappa shape index (κ2) is 3.62. The predicted octanol–water partition coefficient (Wildman–Crippen LogP) is 2.54. The largest absolute Gasteiger partial charge is 0.411 e. The fraction of sp³-hybridized carbons (Fsp3) is 0. The smallest absolute Gasteiger partial charge is 0.149 e. The van der Waals surface area contributed by atoms with Crippen molar-refractivity contribution in [2.24, 2.45) is 5.16 Å². The van der Waals surface area contributed by atoms with Crippen LogP contribution in [0.3, 0.4) is 0 Å². The summed E-state index contributed by atoms with van der Waals surface area (Å²) >= 11 is 2.87. The summed E-state index contributed by atoms with van der Waals surface area (Å²) in [5, 5.41) is 10.6. The van der Waals surface area contributed by atoms with Crippen LogP contribution in [0.2, 0.25) is 0 Å². The van der Waals surface area contributed by atoms with Crippen LogP contribution in [-0.2, 0) is 0 Å². The average Bonchev–Trinajstić information content (AvgIpc) is 2.06. The molecule has 0 aliphatic rings. The predicted molar refractivity (Wildman–Crippen MR) is 43.4 cm³/mol. The monoisotopic (exact) mass is 235 g/mol. The molecule has 0 atom stereocenters. The molecule has 0 saturated heterocycles. The maximum absolute atomic E-state index is 13.0. The van der Waals surface area contributed by atoms with E-state index in [1.807, 2.05) is 0 Å². The summed E-state index contributed by atoms with van der Waals surface area (Å²) in [6.07, 6.45) is 0.704. The van der Waals surface area contributed by atoms with Gasteiger partial charge in [0.2, 0.25) is 0 Å². The fourth-order valence-corrected chi connectivity index (χ4v) is 1.06. The van der Waals surface area contributed by atoms with Crippen molar-refractivity contribution in [1.29, 1.82) is 0 Å². The number of oxime groups is 1. The minimum atomic E-state index is -0.784. The van der Waals surface area contributed by atoms with Crippen molar-refractivity contribution < 1.29 is 14.0 Å². The number of halogens is 3. The summed E-state index contributed by atoms with van der Waals surface area (Å²) in [4.78, 5) is 0. The molecule has 1 rings (SSSR count). The zero-order valence-electron chi connectivity index (χ0n) is 5.76. The molecule has 0 heterocycles. The van der Waals surface area contributed by atoms with Crippen molar-refractivity contribution in [3.8, 4) is 0 Å². The molecule has 0 aliphatic heterocycles. The van der Waals surface area contributed by atoms with Crippen LogP contribution >= 0.6 is 15.9 Å². The van der Waals surface area contributed by atoms with Gasteiger partial charge in [-0.25, -0.2) is 8.78 Å². The summed E-state index contributed by atoms with van der Waals surface area (Å²) in [5.41, 5.74) is -0.369. The molecule has 1 aromatic carbocycles. The topological polar surface area (TPSA) is 32.6 Å². The highest BCUT2D eigenvalue weighted by atomic mass is 79.9. The van der Waals surface area contributed by atoms with E-state index in [9.17, 15) is 8.78 Å². The Kier molecular flexibility index (Phi) is 2.75. The summed E-state index contributed by atoms with van der Waals surface area (Å²) in [5.74, 6) is -1.55. The molecule has 0 aliphatic carbocycles. The molecule has 5 heteroatoms. The third-order valence-corrected chi connectivity index (χ3v) is 1.88. The molecule has 0 fully saturated rings. The van der Waals surface area contributed by atoms with Gasteiger partial charge in [-0.3, -0.25) is 0 Å². The first-order valence-corrected chi connectivity index (χ1v) is 3.77. The maximum Gasteiger partial charge on any atom is 0.149 e. The molecule has 0 spiro atoms. The van der Waals surface area contributed by atoms with Gasteiger partial charge < -0.3 is 5.21 Å². The highest BCUT2D eigenvalue weighted by molar-refractivity contribution is 9.10. The van der Waals surface area contributed by atoms with E-state index >= 15 is 0 Å². The lowest BCUT2D eigenvalue weighted by Crippen LogP contribution is -1.94. The Morgan fingerprint density at radius 1 is 1.42 bits per heavy atom. The molecule has 0 amide bonds. The van der Waals surface area contributed by atoms with Crippen molar-refractivity contribution in [2.45, 2.75) is 0 Å². The Balaban J connectivity index is 3.32. The van der Waals surface area contributed by atoms with E-state index < -0.39 is 11.6 Å². The van der Waals surface area contributed by atoms with Crippen molar-refractivity contribution in [2.75, 3.05) is 0 Å². The highest BCUT2D eigenvalue weighted by Crippen LogP contribution is 2.19. The summed E-state index contributed by atoms with van der Waals surface area (Å²) in [6.45, 7) is 0. The molecule has 64 valence electrons. The first-order chi connectivity index (χ1) is 5.66. The van der Waals surface area contributed by atoms with Crippen LogP contribution in [0.1, 0.15) is 5.56 Å². The average molecular weight is 236 g/mol. The SMILES string of the molecule is O/N=C/c1c(F)ccc(Br)c1F. The third kappa shape index (κ3) is 1.61. The molecule has 1 N–H and O–H groups in total. The van der Waals surface area contributed by atoms with E-state index in [0.717, 1.165) is 6.07 Å². The summed E-state index contributed by atoms with van der Waals surface area (Å²) in [6, 6.07) is 2.31. The molecule has 12 heavy (non-hydrogen) atoms. The van der Waals surface area contributed by atoms with Gasteiger partial charge in [-0.2, -0.15) is 0 Å². The molecule has 0 saturated carbocycles. The Hall–Kier alpha value is -0.970. The number of benzene rings is 1. The van der Waals surface area contributed by atoms with Crippen LogP contribution in [0, 0.1) is 11.6 Å². The van der Waals surface area contributed by atoms with E-state index in [1.54, 1.807) is 0 Å². The van der Waals surface area contributed by atoms with Crippen molar-refractivity contribution in [1.82, 2.24) is 0 Å². The minimum Gasteiger partial charge on any atom is -0.411 e. The zero-order chi connectivity index (χ0) is 9.14. The lowest BCUT2D eigenvalue weighted by Gasteiger charge is -1.99. The second-order valence-electron chi connectivity index (χ2n) is 2.00. The van der Waals surface area contributed by atoms with Gasteiger partial charge in [-0.15, -0.1) is 0 Å². The van der Waals surface area contributed by atoms with Gasteiger partial charge in [0.05, 0.1) is 16.3 Å². The molecule has 0 radical (unpaired) electrons. The second-order valence-corrected chi connectivity index (χ2v) is 2.86. The Morgan fingerprint density at radius 3 is 2.67 bits per heavy atom. The lowest BCUT2D eigenvalue weighted by molar-refractivity contribution is 0.321. The van der Waals surface area contributed by atoms with E-state index in [-0.39, 0.29) is 10.0 Å². The minimum absolute atomic E-state index is 0.124. The first kappa shape index (κ1) is 9.12. The third-order valence-electron chi connectivity index (χ3n) is 1.27. The van der Waals surface area contributed by atoms with Gasteiger partial charge in [0.25, 0.3) is 0 Å². The Bertz CT molecular complexity index is 327. The number of hydrogen-bond acceptors (Lipinski definition) is 2. The molecule has 0 aromatic heterocycles. The van der Waals surface area contributed by atoms with Crippen LogP contribution in [0.4, 0.5) is 8.78 Å². The van der Waals surface area contributed by atoms with Crippen LogP contribution in [0.5, 0.6) is 0 Å². The van der Waals surface area contributed by atoms with Crippen molar-refractivity contribution in [3.05, 3.63) is 33.8 Å². The van der Waals surface area contributed by atoms with Gasteiger partial charge in [-0.05, 0) is 28.1 Å². The van der Waals surface area contributed by atoms with Crippen LogP contribution in [-0.4, -0.2) is 11.4 Å². The highest BCUT2D eigenvalue weighted by Gasteiger charge is 2.09. The molecule has 2 nitrogen and oxygen atoms in total. The van der Waals surface area contributed by atoms with Crippen molar-refractivity contribution >= 4 is 22.1 Å². The zero-order valence-corrected chi connectivity index (χ0v) is 7.35. The first-order valence-electron chi connectivity index (χ1n) is 2.97. The van der Waals surface area contributed by atoms with E-state index in [0.29, 0.717) is 6.21 Å².